The number of carbonyl (C=O) groups is 1. The van der Waals surface area contributed by atoms with E-state index in [9.17, 15) is 14.3 Å². The molecule has 0 aromatic heterocycles. The summed E-state index contributed by atoms with van der Waals surface area (Å²) in [5.74, 6) is -0.162. The number of halogens is 1. The molecule has 0 aliphatic carbocycles. The Morgan fingerprint density at radius 2 is 1.48 bits per heavy atom. The van der Waals surface area contributed by atoms with Crippen molar-refractivity contribution in [3.63, 3.8) is 0 Å². The van der Waals surface area contributed by atoms with E-state index in [0.29, 0.717) is 18.5 Å². The van der Waals surface area contributed by atoms with Crippen molar-refractivity contribution in [2.75, 3.05) is 18.1 Å². The second-order valence-corrected chi connectivity index (χ2v) is 6.86. The predicted octanol–water partition coefficient (Wildman–Crippen LogP) is 4.50. The fraction of sp³-hybridized carbons (Fsp3) is 0.174. The Bertz CT molecular complexity index is 951. The smallest absolute Gasteiger partial charge is 0.227 e. The van der Waals surface area contributed by atoms with Gasteiger partial charge in [-0.25, -0.2) is 4.39 Å². The molecule has 0 radical (unpaired) electrons. The third kappa shape index (κ3) is 3.49. The molecule has 27 heavy (non-hydrogen) atoms. The first-order valence-electron chi connectivity index (χ1n) is 9.02. The van der Waals surface area contributed by atoms with Gasteiger partial charge in [-0.3, -0.25) is 4.79 Å². The molecule has 1 N–H and O–H groups in total. The summed E-state index contributed by atoms with van der Waals surface area (Å²) in [6, 6.07) is 22.3. The fourth-order valence-electron chi connectivity index (χ4n) is 3.52. The highest BCUT2D eigenvalue weighted by Crippen LogP contribution is 2.29. The number of rotatable bonds is 4. The number of nitrogens with zero attached hydrogens (tertiary/aromatic N) is 1. The molecule has 3 aromatic carbocycles. The lowest BCUT2D eigenvalue weighted by molar-refractivity contribution is -0.117. The number of hydrogen-bond donors (Lipinski definition) is 1. The average molecular weight is 361 g/mol. The van der Waals surface area contributed by atoms with Crippen molar-refractivity contribution in [1.82, 2.24) is 0 Å². The van der Waals surface area contributed by atoms with E-state index in [1.54, 1.807) is 17.0 Å². The predicted molar refractivity (Wildman–Crippen MR) is 105 cm³/mol. The minimum atomic E-state index is -0.230. The van der Waals surface area contributed by atoms with Gasteiger partial charge in [-0.2, -0.15) is 0 Å². The fourth-order valence-corrected chi connectivity index (χ4v) is 3.52. The molecule has 136 valence electrons. The molecule has 4 heteroatoms. The lowest BCUT2D eigenvalue weighted by Crippen LogP contribution is -2.24. The van der Waals surface area contributed by atoms with Crippen LogP contribution in [0.2, 0.25) is 0 Å². The third-order valence-corrected chi connectivity index (χ3v) is 5.05. The van der Waals surface area contributed by atoms with Crippen LogP contribution in [0, 0.1) is 11.7 Å². The van der Waals surface area contributed by atoms with Crippen molar-refractivity contribution in [3.8, 4) is 22.3 Å². The minimum absolute atomic E-state index is 0.0168. The van der Waals surface area contributed by atoms with Gasteiger partial charge in [-0.05, 0) is 34.9 Å². The molecule has 1 fully saturated rings. The standard InChI is InChI=1S/C23H20FNO2/c24-22-4-2-1-3-21(22)19-7-5-17(6-8-19)18-9-11-20(12-10-18)25-14-16(15-26)13-23(25)27/h1-12,16,26H,13-15H2. The van der Waals surface area contributed by atoms with Gasteiger partial charge >= 0.3 is 0 Å². The number of aliphatic hydroxyl groups is 1. The Morgan fingerprint density at radius 1 is 0.889 bits per heavy atom. The van der Waals surface area contributed by atoms with Crippen LogP contribution in [0.15, 0.2) is 72.8 Å². The Labute approximate surface area is 157 Å². The van der Waals surface area contributed by atoms with Crippen molar-refractivity contribution < 1.29 is 14.3 Å². The molecule has 1 amide bonds. The molecule has 1 heterocycles. The van der Waals surface area contributed by atoms with E-state index < -0.39 is 0 Å². The summed E-state index contributed by atoms with van der Waals surface area (Å²) < 4.78 is 13.9. The number of carbonyl (C=O) groups excluding carboxylic acids is 1. The molecule has 3 aromatic rings. The zero-order valence-electron chi connectivity index (χ0n) is 14.8. The van der Waals surface area contributed by atoms with Crippen LogP contribution >= 0.6 is 0 Å². The van der Waals surface area contributed by atoms with Gasteiger partial charge in [0.15, 0.2) is 0 Å². The maximum Gasteiger partial charge on any atom is 0.227 e. The van der Waals surface area contributed by atoms with Crippen molar-refractivity contribution in [1.29, 1.82) is 0 Å². The highest BCUT2D eigenvalue weighted by atomic mass is 19.1. The van der Waals surface area contributed by atoms with Gasteiger partial charge in [-0.15, -0.1) is 0 Å². The summed E-state index contributed by atoms with van der Waals surface area (Å²) in [6.07, 6.45) is 0.399. The summed E-state index contributed by atoms with van der Waals surface area (Å²) in [5.41, 5.74) is 4.34. The van der Waals surface area contributed by atoms with Crippen LogP contribution in [0.5, 0.6) is 0 Å². The van der Waals surface area contributed by atoms with Crippen molar-refractivity contribution in [2.45, 2.75) is 6.42 Å². The quantitative estimate of drug-likeness (QED) is 0.743. The van der Waals surface area contributed by atoms with Crippen LogP contribution in [0.3, 0.4) is 0 Å². The maximum atomic E-state index is 13.9. The second kappa shape index (κ2) is 7.33. The van der Waals surface area contributed by atoms with Crippen LogP contribution in [0.1, 0.15) is 6.42 Å². The highest BCUT2D eigenvalue weighted by Gasteiger charge is 2.29. The molecule has 1 aliphatic heterocycles. The molecule has 3 nitrogen and oxygen atoms in total. The van der Waals surface area contributed by atoms with E-state index in [-0.39, 0.29) is 24.2 Å². The van der Waals surface area contributed by atoms with Gasteiger partial charge in [0.05, 0.1) is 0 Å². The zero-order chi connectivity index (χ0) is 18.8. The highest BCUT2D eigenvalue weighted by molar-refractivity contribution is 5.96. The van der Waals surface area contributed by atoms with Crippen LogP contribution in [0.25, 0.3) is 22.3 Å². The van der Waals surface area contributed by atoms with Crippen molar-refractivity contribution in [3.05, 3.63) is 78.6 Å². The second-order valence-electron chi connectivity index (χ2n) is 6.86. The molecule has 1 aliphatic rings. The Kier molecular flexibility index (Phi) is 4.73. The Balaban J connectivity index is 1.54. The first-order valence-corrected chi connectivity index (χ1v) is 9.02. The van der Waals surface area contributed by atoms with Crippen LogP contribution in [-0.4, -0.2) is 24.2 Å². The van der Waals surface area contributed by atoms with Crippen LogP contribution < -0.4 is 4.90 Å². The average Bonchev–Trinajstić information content (AvgIpc) is 3.09. The summed E-state index contributed by atoms with van der Waals surface area (Å²) in [4.78, 5) is 13.8. The first-order chi connectivity index (χ1) is 13.2. The zero-order valence-corrected chi connectivity index (χ0v) is 14.8. The van der Waals surface area contributed by atoms with E-state index in [1.165, 1.54) is 6.07 Å². The van der Waals surface area contributed by atoms with E-state index in [1.807, 2.05) is 54.6 Å². The maximum absolute atomic E-state index is 13.9. The van der Waals surface area contributed by atoms with Gasteiger partial charge in [0, 0.05) is 36.7 Å². The van der Waals surface area contributed by atoms with Gasteiger partial charge in [0.25, 0.3) is 0 Å². The number of amides is 1. The van der Waals surface area contributed by atoms with Crippen molar-refractivity contribution in [2.24, 2.45) is 5.92 Å². The molecular weight excluding hydrogens is 341 g/mol. The third-order valence-electron chi connectivity index (χ3n) is 5.05. The Hall–Kier alpha value is -2.98. The van der Waals surface area contributed by atoms with Gasteiger partial charge in [-0.1, -0.05) is 54.6 Å². The number of anilines is 1. The Morgan fingerprint density at radius 3 is 2.07 bits per heavy atom. The van der Waals surface area contributed by atoms with E-state index in [4.69, 9.17) is 0 Å². The lowest BCUT2D eigenvalue weighted by atomic mass is 10.00. The molecule has 0 saturated carbocycles. The molecule has 1 saturated heterocycles. The van der Waals surface area contributed by atoms with Crippen LogP contribution in [0.4, 0.5) is 10.1 Å². The number of benzene rings is 3. The van der Waals surface area contributed by atoms with Gasteiger partial charge < -0.3 is 10.0 Å². The molecule has 1 unspecified atom stereocenters. The summed E-state index contributed by atoms with van der Waals surface area (Å²) in [7, 11) is 0. The minimum Gasteiger partial charge on any atom is -0.396 e. The molecule has 0 bridgehead atoms. The first kappa shape index (κ1) is 17.4. The van der Waals surface area contributed by atoms with E-state index >= 15 is 0 Å². The molecule has 1 atom stereocenters. The largest absolute Gasteiger partial charge is 0.396 e. The van der Waals surface area contributed by atoms with E-state index in [0.717, 1.165) is 22.4 Å². The van der Waals surface area contributed by atoms with Gasteiger partial charge in [0.1, 0.15) is 5.82 Å². The van der Waals surface area contributed by atoms with E-state index in [2.05, 4.69) is 0 Å². The summed E-state index contributed by atoms with van der Waals surface area (Å²) >= 11 is 0. The number of hydrogen-bond acceptors (Lipinski definition) is 2. The van der Waals surface area contributed by atoms with Crippen molar-refractivity contribution >= 4 is 11.6 Å². The summed E-state index contributed by atoms with van der Waals surface area (Å²) in [6.45, 7) is 0.598. The SMILES string of the molecule is O=C1CC(CO)CN1c1ccc(-c2ccc(-c3ccccc3F)cc2)cc1. The topological polar surface area (TPSA) is 40.5 Å². The normalized spacial score (nSPS) is 16.7. The summed E-state index contributed by atoms with van der Waals surface area (Å²) in [5, 5.41) is 9.26. The molecule has 0 spiro atoms. The molecule has 4 rings (SSSR count). The molecular formula is C23H20FNO2. The monoisotopic (exact) mass is 361 g/mol. The van der Waals surface area contributed by atoms with Gasteiger partial charge in [0.2, 0.25) is 5.91 Å². The lowest BCUT2D eigenvalue weighted by Gasteiger charge is -2.17. The van der Waals surface area contributed by atoms with Crippen LogP contribution in [-0.2, 0) is 4.79 Å². The number of aliphatic hydroxyl groups excluding tert-OH is 1.